The lowest BCUT2D eigenvalue weighted by Crippen LogP contribution is -2.02. The van der Waals surface area contributed by atoms with Gasteiger partial charge in [-0.15, -0.1) is 5.10 Å². The van der Waals surface area contributed by atoms with Crippen molar-refractivity contribution >= 4 is 33.6 Å². The van der Waals surface area contributed by atoms with Gasteiger partial charge in [0.1, 0.15) is 5.52 Å². The molecule has 3 rings (SSSR count). The lowest BCUT2D eigenvalue weighted by atomic mass is 10.3. The molecule has 6 nitrogen and oxygen atoms in total. The second-order valence-electron chi connectivity index (χ2n) is 3.76. The van der Waals surface area contributed by atoms with Crippen LogP contribution in [-0.2, 0) is 7.05 Å². The Bertz CT molecular complexity index is 698. The number of aryl methyl sites for hydroxylation is 2. The van der Waals surface area contributed by atoms with Gasteiger partial charge in [-0.2, -0.15) is 4.68 Å². The van der Waals surface area contributed by atoms with Gasteiger partial charge < -0.3 is 4.57 Å². The van der Waals surface area contributed by atoms with E-state index in [4.69, 9.17) is 0 Å². The molecular weight excluding hydrogens is 331 g/mol. The Morgan fingerprint density at radius 3 is 2.82 bits per heavy atom. The summed E-state index contributed by atoms with van der Waals surface area (Å²) in [6, 6.07) is 3.95. The zero-order valence-electron chi connectivity index (χ0n) is 9.29. The first-order chi connectivity index (χ1) is 8.16. The molecule has 3 aromatic rings. The fraction of sp³-hybridized carbons (Fsp3) is 0.200. The summed E-state index contributed by atoms with van der Waals surface area (Å²) in [7, 11) is 2.01. The first-order valence-electron chi connectivity index (χ1n) is 5.04. The molecule has 0 aliphatic rings. The number of tetrazole rings is 1. The van der Waals surface area contributed by atoms with Crippen molar-refractivity contribution in [1.29, 1.82) is 0 Å². The third-order valence-corrected chi connectivity index (χ3v) is 3.40. The van der Waals surface area contributed by atoms with Gasteiger partial charge in [0.2, 0.25) is 0 Å². The van der Waals surface area contributed by atoms with Gasteiger partial charge in [0.15, 0.2) is 11.6 Å². The molecule has 0 aliphatic carbocycles. The van der Waals surface area contributed by atoms with E-state index in [1.54, 1.807) is 4.68 Å². The number of aromatic nitrogens is 6. The molecule has 0 fully saturated rings. The molecule has 3 heterocycles. The Morgan fingerprint density at radius 1 is 1.29 bits per heavy atom. The van der Waals surface area contributed by atoms with Gasteiger partial charge in [-0.05, 0) is 52.1 Å². The van der Waals surface area contributed by atoms with Gasteiger partial charge in [0.05, 0.1) is 9.09 Å². The molecule has 0 amide bonds. The molecule has 3 aromatic heterocycles. The molecule has 7 heteroatoms. The van der Waals surface area contributed by atoms with Crippen molar-refractivity contribution in [3.8, 4) is 5.82 Å². The number of hydrogen-bond donors (Lipinski definition) is 0. The van der Waals surface area contributed by atoms with Gasteiger partial charge in [0, 0.05) is 13.2 Å². The fourth-order valence-electron chi connectivity index (χ4n) is 1.76. The van der Waals surface area contributed by atoms with Crippen LogP contribution >= 0.6 is 22.6 Å². The number of halogens is 1. The Labute approximate surface area is 111 Å². The highest BCUT2D eigenvalue weighted by molar-refractivity contribution is 14.1. The highest BCUT2D eigenvalue weighted by Crippen LogP contribution is 2.21. The summed E-state index contributed by atoms with van der Waals surface area (Å²) >= 11 is 2.28. The van der Waals surface area contributed by atoms with E-state index >= 15 is 0 Å². The molecule has 0 atom stereocenters. The number of pyridine rings is 1. The van der Waals surface area contributed by atoms with Crippen LogP contribution in [-0.4, -0.2) is 29.8 Å². The molecule has 0 saturated carbocycles. The minimum absolute atomic E-state index is 0.725. The van der Waals surface area contributed by atoms with E-state index in [-0.39, 0.29) is 0 Å². The molecule has 0 spiro atoms. The largest absolute Gasteiger partial charge is 0.348 e. The first kappa shape index (κ1) is 10.6. The fourth-order valence-corrected chi connectivity index (χ4v) is 2.58. The molecule has 0 saturated heterocycles. The van der Waals surface area contributed by atoms with E-state index in [1.165, 1.54) is 0 Å². The van der Waals surface area contributed by atoms with E-state index in [0.717, 1.165) is 26.2 Å². The van der Waals surface area contributed by atoms with E-state index in [1.807, 2.05) is 26.1 Å². The van der Waals surface area contributed by atoms with E-state index < -0.39 is 0 Å². The summed E-state index contributed by atoms with van der Waals surface area (Å²) in [4.78, 5) is 4.59. The van der Waals surface area contributed by atoms with Crippen molar-refractivity contribution in [2.45, 2.75) is 6.92 Å². The first-order valence-corrected chi connectivity index (χ1v) is 6.11. The lowest BCUT2D eigenvalue weighted by Gasteiger charge is -2.01. The normalized spacial score (nSPS) is 11.2. The number of fused-ring (bicyclic) bond motifs is 1. The van der Waals surface area contributed by atoms with Crippen LogP contribution in [0.25, 0.3) is 16.9 Å². The van der Waals surface area contributed by atoms with Crippen molar-refractivity contribution < 1.29 is 0 Å². The number of rotatable bonds is 1. The maximum atomic E-state index is 4.59. The van der Waals surface area contributed by atoms with E-state index in [9.17, 15) is 0 Å². The van der Waals surface area contributed by atoms with Gasteiger partial charge in [-0.1, -0.05) is 0 Å². The molecule has 0 N–H and O–H groups in total. The Hall–Kier alpha value is -1.51. The summed E-state index contributed by atoms with van der Waals surface area (Å²) in [5.41, 5.74) is 2.07. The van der Waals surface area contributed by atoms with Gasteiger partial charge in [0.25, 0.3) is 0 Å². The van der Waals surface area contributed by atoms with Crippen molar-refractivity contribution in [3.05, 3.63) is 27.7 Å². The van der Waals surface area contributed by atoms with Crippen LogP contribution in [0.5, 0.6) is 0 Å². The van der Waals surface area contributed by atoms with Crippen LogP contribution in [0.4, 0.5) is 0 Å². The van der Waals surface area contributed by atoms with Crippen molar-refractivity contribution in [1.82, 2.24) is 29.8 Å². The highest BCUT2D eigenvalue weighted by atomic mass is 127. The van der Waals surface area contributed by atoms with Gasteiger partial charge in [-0.25, -0.2) is 4.98 Å². The minimum atomic E-state index is 0.725. The van der Waals surface area contributed by atoms with Crippen LogP contribution in [0.15, 0.2) is 18.3 Å². The average molecular weight is 340 g/mol. The SMILES string of the molecule is Cc1nnnn1-c1ccc2c(n1)c(I)cn2C. The third-order valence-electron chi connectivity index (χ3n) is 2.61. The van der Waals surface area contributed by atoms with Crippen LogP contribution < -0.4 is 0 Å². The predicted octanol–water partition coefficient (Wildman–Crippen LogP) is 1.46. The summed E-state index contributed by atoms with van der Waals surface area (Å²) in [6.45, 7) is 1.85. The van der Waals surface area contributed by atoms with E-state index in [2.05, 4.69) is 53.9 Å². The average Bonchev–Trinajstić information content (AvgIpc) is 2.84. The Morgan fingerprint density at radius 2 is 2.12 bits per heavy atom. The number of nitrogens with zero attached hydrogens (tertiary/aromatic N) is 6. The Kier molecular flexibility index (Phi) is 2.35. The van der Waals surface area contributed by atoms with Crippen LogP contribution in [0, 0.1) is 10.5 Å². The molecule has 86 valence electrons. The number of hydrogen-bond acceptors (Lipinski definition) is 4. The van der Waals surface area contributed by atoms with Gasteiger partial charge >= 0.3 is 0 Å². The molecule has 0 bridgehead atoms. The van der Waals surface area contributed by atoms with Crippen LogP contribution in [0.2, 0.25) is 0 Å². The zero-order valence-corrected chi connectivity index (χ0v) is 11.5. The standard InChI is InChI=1S/C10H9IN6/c1-6-13-14-15-17(6)9-4-3-8-10(12-9)7(11)5-16(8)2/h3-5H,1-2H3. The predicted molar refractivity (Wildman–Crippen MR) is 70.9 cm³/mol. The molecule has 0 unspecified atom stereocenters. The topological polar surface area (TPSA) is 61.4 Å². The summed E-state index contributed by atoms with van der Waals surface area (Å²) in [6.07, 6.45) is 2.05. The molecule has 17 heavy (non-hydrogen) atoms. The second kappa shape index (κ2) is 3.76. The monoisotopic (exact) mass is 340 g/mol. The van der Waals surface area contributed by atoms with Crippen molar-refractivity contribution in [3.63, 3.8) is 0 Å². The van der Waals surface area contributed by atoms with Crippen LogP contribution in [0.1, 0.15) is 5.82 Å². The molecule has 0 radical (unpaired) electrons. The maximum Gasteiger partial charge on any atom is 0.158 e. The van der Waals surface area contributed by atoms with Crippen molar-refractivity contribution in [2.75, 3.05) is 0 Å². The third kappa shape index (κ3) is 1.61. The van der Waals surface area contributed by atoms with E-state index in [0.29, 0.717) is 0 Å². The Balaban J connectivity index is 2.27. The summed E-state index contributed by atoms with van der Waals surface area (Å²) in [5, 5.41) is 11.4. The molecule has 0 aliphatic heterocycles. The second-order valence-corrected chi connectivity index (χ2v) is 4.93. The molecule has 0 aromatic carbocycles. The summed E-state index contributed by atoms with van der Waals surface area (Å²) in [5.74, 6) is 1.46. The summed E-state index contributed by atoms with van der Waals surface area (Å²) < 4.78 is 4.80. The minimum Gasteiger partial charge on any atom is -0.348 e. The molecular formula is C10H9IN6. The smallest absolute Gasteiger partial charge is 0.158 e. The zero-order chi connectivity index (χ0) is 12.0. The quantitative estimate of drug-likeness (QED) is 0.630. The highest BCUT2D eigenvalue weighted by Gasteiger charge is 2.10. The van der Waals surface area contributed by atoms with Gasteiger partial charge in [-0.3, -0.25) is 0 Å². The van der Waals surface area contributed by atoms with Crippen LogP contribution in [0.3, 0.4) is 0 Å². The lowest BCUT2D eigenvalue weighted by molar-refractivity contribution is 0.763. The van der Waals surface area contributed by atoms with Crippen molar-refractivity contribution in [2.24, 2.45) is 7.05 Å². The maximum absolute atomic E-state index is 4.59.